The molecule has 0 spiro atoms. The molecule has 1 aromatic rings. The second-order valence-electron chi connectivity index (χ2n) is 5.65. The van der Waals surface area contributed by atoms with Crippen LogP contribution in [0.2, 0.25) is 0 Å². The lowest BCUT2D eigenvalue weighted by Gasteiger charge is -2.16. The zero-order chi connectivity index (χ0) is 15.8. The molecule has 1 fully saturated rings. The normalized spacial score (nSPS) is 18.9. The summed E-state index contributed by atoms with van der Waals surface area (Å²) < 4.78 is 10.8. The Labute approximate surface area is 137 Å². The third-order valence-electron chi connectivity index (χ3n) is 3.76. The number of carbonyl (C=O) groups is 1. The molecule has 1 heterocycles. The molecule has 2 atom stereocenters. The lowest BCUT2D eigenvalue weighted by Crippen LogP contribution is -2.34. The number of benzene rings is 1. The van der Waals surface area contributed by atoms with Gasteiger partial charge < -0.3 is 14.8 Å². The van der Waals surface area contributed by atoms with Crippen molar-refractivity contribution in [2.75, 3.05) is 19.5 Å². The number of nitrogens with one attached hydrogen (secondary N) is 1. The van der Waals surface area contributed by atoms with Gasteiger partial charge in [0.1, 0.15) is 5.75 Å². The Morgan fingerprint density at radius 3 is 3.14 bits per heavy atom. The SMILES string of the molecule is COc1cccc(SCC(=O)N[C@H](C)CC[C@H]2CCCO2)c1. The first-order valence-electron chi connectivity index (χ1n) is 7.85. The Morgan fingerprint density at radius 1 is 1.55 bits per heavy atom. The molecule has 0 aliphatic carbocycles. The van der Waals surface area contributed by atoms with Crippen LogP contribution in [0.15, 0.2) is 29.2 Å². The number of thioether (sulfide) groups is 1. The molecule has 0 saturated carbocycles. The van der Waals surface area contributed by atoms with Gasteiger partial charge in [-0.25, -0.2) is 0 Å². The van der Waals surface area contributed by atoms with Crippen molar-refractivity contribution in [2.24, 2.45) is 0 Å². The molecule has 0 unspecified atom stereocenters. The van der Waals surface area contributed by atoms with Crippen molar-refractivity contribution < 1.29 is 14.3 Å². The first-order valence-corrected chi connectivity index (χ1v) is 8.83. The summed E-state index contributed by atoms with van der Waals surface area (Å²) in [5, 5.41) is 3.06. The van der Waals surface area contributed by atoms with Gasteiger partial charge in [-0.1, -0.05) is 6.07 Å². The average Bonchev–Trinajstić information content (AvgIpc) is 3.04. The summed E-state index contributed by atoms with van der Waals surface area (Å²) >= 11 is 1.53. The number of amides is 1. The molecule has 0 bridgehead atoms. The molecule has 4 nitrogen and oxygen atoms in total. The third kappa shape index (κ3) is 5.89. The number of methoxy groups -OCH3 is 1. The number of carbonyl (C=O) groups excluding carboxylic acids is 1. The summed E-state index contributed by atoms with van der Waals surface area (Å²) in [4.78, 5) is 13.0. The van der Waals surface area contributed by atoms with E-state index in [-0.39, 0.29) is 11.9 Å². The van der Waals surface area contributed by atoms with Gasteiger partial charge in [-0.2, -0.15) is 0 Å². The number of rotatable bonds is 8. The smallest absolute Gasteiger partial charge is 0.230 e. The summed E-state index contributed by atoms with van der Waals surface area (Å²) in [5.41, 5.74) is 0. The van der Waals surface area contributed by atoms with E-state index >= 15 is 0 Å². The van der Waals surface area contributed by atoms with E-state index in [9.17, 15) is 4.79 Å². The van der Waals surface area contributed by atoms with Gasteiger partial charge in [-0.3, -0.25) is 4.79 Å². The largest absolute Gasteiger partial charge is 0.497 e. The first kappa shape index (κ1) is 17.2. The van der Waals surface area contributed by atoms with E-state index in [4.69, 9.17) is 9.47 Å². The number of hydrogen-bond acceptors (Lipinski definition) is 4. The highest BCUT2D eigenvalue weighted by molar-refractivity contribution is 8.00. The summed E-state index contributed by atoms with van der Waals surface area (Å²) in [7, 11) is 1.65. The van der Waals surface area contributed by atoms with Crippen molar-refractivity contribution in [1.29, 1.82) is 0 Å². The molecule has 1 aromatic carbocycles. The standard InChI is InChI=1S/C17H25NO3S/c1-13(8-9-14-6-4-10-21-14)18-17(19)12-22-16-7-3-5-15(11-16)20-2/h3,5,7,11,13-14H,4,6,8-10,12H2,1-2H3,(H,18,19)/t13-,14-/m1/s1. The fourth-order valence-corrected chi connectivity index (χ4v) is 3.29. The fourth-order valence-electron chi connectivity index (χ4n) is 2.54. The van der Waals surface area contributed by atoms with Crippen molar-refractivity contribution in [3.63, 3.8) is 0 Å². The first-order chi connectivity index (χ1) is 10.7. The Balaban J connectivity index is 1.65. The van der Waals surface area contributed by atoms with E-state index in [1.54, 1.807) is 7.11 Å². The summed E-state index contributed by atoms with van der Waals surface area (Å²) in [6.45, 7) is 2.95. The van der Waals surface area contributed by atoms with Gasteiger partial charge in [0.2, 0.25) is 5.91 Å². The number of ether oxygens (including phenoxy) is 2. The van der Waals surface area contributed by atoms with Crippen LogP contribution >= 0.6 is 11.8 Å². The Bertz CT molecular complexity index is 475. The molecule has 1 saturated heterocycles. The van der Waals surface area contributed by atoms with Crippen molar-refractivity contribution in [3.05, 3.63) is 24.3 Å². The Morgan fingerprint density at radius 2 is 2.41 bits per heavy atom. The Hall–Kier alpha value is -1.20. The van der Waals surface area contributed by atoms with Gasteiger partial charge in [-0.15, -0.1) is 11.8 Å². The maximum absolute atomic E-state index is 12.0. The predicted molar refractivity (Wildman–Crippen MR) is 89.5 cm³/mol. The quantitative estimate of drug-likeness (QED) is 0.746. The lowest BCUT2D eigenvalue weighted by atomic mass is 10.1. The van der Waals surface area contributed by atoms with E-state index in [0.717, 1.165) is 36.5 Å². The van der Waals surface area contributed by atoms with Crippen LogP contribution < -0.4 is 10.1 Å². The molecule has 1 aliphatic heterocycles. The predicted octanol–water partition coefficient (Wildman–Crippen LogP) is 3.25. The molecule has 1 aliphatic rings. The van der Waals surface area contributed by atoms with Crippen LogP contribution in [0, 0.1) is 0 Å². The van der Waals surface area contributed by atoms with Gasteiger partial charge in [0.15, 0.2) is 0 Å². The molecule has 1 N–H and O–H groups in total. The molecule has 1 amide bonds. The van der Waals surface area contributed by atoms with Crippen molar-refractivity contribution in [2.45, 2.75) is 49.6 Å². The van der Waals surface area contributed by atoms with E-state index in [2.05, 4.69) is 12.2 Å². The Kier molecular flexibility index (Phi) is 7.06. The monoisotopic (exact) mass is 323 g/mol. The average molecular weight is 323 g/mol. The molecular formula is C17H25NO3S. The molecule has 2 rings (SSSR count). The van der Waals surface area contributed by atoms with E-state index in [0.29, 0.717) is 11.9 Å². The summed E-state index contributed by atoms with van der Waals surface area (Å²) in [5.74, 6) is 1.32. The van der Waals surface area contributed by atoms with Gasteiger partial charge in [0, 0.05) is 17.5 Å². The highest BCUT2D eigenvalue weighted by atomic mass is 32.2. The van der Waals surface area contributed by atoms with Crippen LogP contribution in [0.4, 0.5) is 0 Å². The molecule has 122 valence electrons. The lowest BCUT2D eigenvalue weighted by molar-refractivity contribution is -0.119. The van der Waals surface area contributed by atoms with Crippen LogP contribution in [-0.2, 0) is 9.53 Å². The summed E-state index contributed by atoms with van der Waals surface area (Å²) in [6.07, 6.45) is 4.73. The van der Waals surface area contributed by atoms with E-state index in [1.807, 2.05) is 24.3 Å². The maximum atomic E-state index is 12.0. The van der Waals surface area contributed by atoms with E-state index < -0.39 is 0 Å². The fraction of sp³-hybridized carbons (Fsp3) is 0.588. The van der Waals surface area contributed by atoms with Gasteiger partial charge in [-0.05, 0) is 50.8 Å². The minimum atomic E-state index is 0.0765. The number of hydrogen-bond donors (Lipinski definition) is 1. The molecule has 22 heavy (non-hydrogen) atoms. The van der Waals surface area contributed by atoms with Crippen molar-refractivity contribution in [1.82, 2.24) is 5.32 Å². The zero-order valence-electron chi connectivity index (χ0n) is 13.3. The van der Waals surface area contributed by atoms with Crippen molar-refractivity contribution in [3.8, 4) is 5.75 Å². The third-order valence-corrected chi connectivity index (χ3v) is 4.76. The summed E-state index contributed by atoms with van der Waals surface area (Å²) in [6, 6.07) is 7.96. The van der Waals surface area contributed by atoms with Gasteiger partial charge >= 0.3 is 0 Å². The van der Waals surface area contributed by atoms with Gasteiger partial charge in [0.05, 0.1) is 19.0 Å². The minimum absolute atomic E-state index is 0.0765. The highest BCUT2D eigenvalue weighted by Crippen LogP contribution is 2.22. The van der Waals surface area contributed by atoms with Crippen molar-refractivity contribution >= 4 is 17.7 Å². The highest BCUT2D eigenvalue weighted by Gasteiger charge is 2.17. The van der Waals surface area contributed by atoms with Crippen LogP contribution in [0.25, 0.3) is 0 Å². The second-order valence-corrected chi connectivity index (χ2v) is 6.70. The maximum Gasteiger partial charge on any atom is 0.230 e. The molecule has 5 heteroatoms. The minimum Gasteiger partial charge on any atom is -0.497 e. The molecule has 0 radical (unpaired) electrons. The van der Waals surface area contributed by atoms with Crippen LogP contribution in [-0.4, -0.2) is 37.5 Å². The second kappa shape index (κ2) is 9.06. The van der Waals surface area contributed by atoms with Crippen LogP contribution in [0.1, 0.15) is 32.6 Å². The van der Waals surface area contributed by atoms with Crippen LogP contribution in [0.5, 0.6) is 5.75 Å². The molecule has 0 aromatic heterocycles. The van der Waals surface area contributed by atoms with Crippen LogP contribution in [0.3, 0.4) is 0 Å². The zero-order valence-corrected chi connectivity index (χ0v) is 14.2. The van der Waals surface area contributed by atoms with Gasteiger partial charge in [0.25, 0.3) is 0 Å². The topological polar surface area (TPSA) is 47.6 Å². The molecular weight excluding hydrogens is 298 g/mol. The van der Waals surface area contributed by atoms with E-state index in [1.165, 1.54) is 18.2 Å².